The SMILES string of the molecule is CCOC(=O)c1cn2c(-c3ccccc3N=O)csc2n1. The molecule has 0 aliphatic rings. The Labute approximate surface area is 124 Å². The average molecular weight is 301 g/mol. The minimum atomic E-state index is -0.457. The predicted molar refractivity (Wildman–Crippen MR) is 79.9 cm³/mol. The van der Waals surface area contributed by atoms with Crippen LogP contribution >= 0.6 is 11.3 Å². The number of nitroso groups, excluding NO2 is 1. The van der Waals surface area contributed by atoms with Gasteiger partial charge in [-0.25, -0.2) is 9.78 Å². The van der Waals surface area contributed by atoms with Crippen molar-refractivity contribution < 1.29 is 9.53 Å². The summed E-state index contributed by atoms with van der Waals surface area (Å²) in [6.45, 7) is 2.04. The molecule has 6 nitrogen and oxygen atoms in total. The second-order valence-corrected chi connectivity index (χ2v) is 5.07. The van der Waals surface area contributed by atoms with E-state index in [0.29, 0.717) is 22.8 Å². The summed E-state index contributed by atoms with van der Waals surface area (Å²) in [4.78, 5) is 27.5. The number of hydrogen-bond donors (Lipinski definition) is 0. The monoisotopic (exact) mass is 301 g/mol. The lowest BCUT2D eigenvalue weighted by atomic mass is 10.1. The second-order valence-electron chi connectivity index (χ2n) is 4.23. The van der Waals surface area contributed by atoms with Crippen LogP contribution in [0.4, 0.5) is 5.69 Å². The van der Waals surface area contributed by atoms with Gasteiger partial charge in [-0.1, -0.05) is 18.2 Å². The lowest BCUT2D eigenvalue weighted by Crippen LogP contribution is -2.04. The summed E-state index contributed by atoms with van der Waals surface area (Å²) in [5, 5.41) is 4.91. The van der Waals surface area contributed by atoms with E-state index < -0.39 is 5.97 Å². The van der Waals surface area contributed by atoms with Crippen molar-refractivity contribution in [1.82, 2.24) is 9.38 Å². The van der Waals surface area contributed by atoms with E-state index in [9.17, 15) is 9.70 Å². The van der Waals surface area contributed by atoms with Crippen LogP contribution in [0, 0.1) is 4.91 Å². The lowest BCUT2D eigenvalue weighted by Gasteiger charge is -2.01. The molecule has 7 heteroatoms. The zero-order chi connectivity index (χ0) is 14.8. The number of carbonyl (C=O) groups excluding carboxylic acids is 1. The maximum absolute atomic E-state index is 11.7. The molecule has 2 aromatic heterocycles. The summed E-state index contributed by atoms with van der Waals surface area (Å²) >= 11 is 1.38. The van der Waals surface area contributed by atoms with Gasteiger partial charge >= 0.3 is 5.97 Å². The number of ether oxygens (including phenoxy) is 1. The Morgan fingerprint density at radius 1 is 1.43 bits per heavy atom. The minimum Gasteiger partial charge on any atom is -0.461 e. The van der Waals surface area contributed by atoms with Gasteiger partial charge in [-0.05, 0) is 18.2 Å². The highest BCUT2D eigenvalue weighted by atomic mass is 32.1. The molecule has 3 rings (SSSR count). The van der Waals surface area contributed by atoms with Crippen molar-refractivity contribution in [2.24, 2.45) is 5.18 Å². The normalized spacial score (nSPS) is 10.7. The first-order chi connectivity index (χ1) is 10.2. The topological polar surface area (TPSA) is 73.0 Å². The van der Waals surface area contributed by atoms with Gasteiger partial charge < -0.3 is 4.74 Å². The lowest BCUT2D eigenvalue weighted by molar-refractivity contribution is 0.0520. The Balaban J connectivity index is 2.11. The summed E-state index contributed by atoms with van der Waals surface area (Å²) < 4.78 is 6.70. The number of imidazole rings is 1. The van der Waals surface area contributed by atoms with Crippen LogP contribution in [0.15, 0.2) is 41.0 Å². The van der Waals surface area contributed by atoms with Gasteiger partial charge in [-0.2, -0.15) is 0 Å². The number of benzene rings is 1. The van der Waals surface area contributed by atoms with Crippen LogP contribution in [0.3, 0.4) is 0 Å². The van der Waals surface area contributed by atoms with E-state index >= 15 is 0 Å². The second kappa shape index (κ2) is 5.45. The zero-order valence-corrected chi connectivity index (χ0v) is 12.0. The summed E-state index contributed by atoms with van der Waals surface area (Å²) in [6.07, 6.45) is 1.61. The van der Waals surface area contributed by atoms with Gasteiger partial charge in [-0.15, -0.1) is 16.2 Å². The van der Waals surface area contributed by atoms with Crippen molar-refractivity contribution in [3.8, 4) is 11.3 Å². The van der Waals surface area contributed by atoms with E-state index in [1.54, 1.807) is 29.7 Å². The molecule has 0 atom stereocenters. The van der Waals surface area contributed by atoms with Crippen molar-refractivity contribution in [3.05, 3.63) is 46.4 Å². The molecule has 0 bridgehead atoms. The molecule has 0 spiro atoms. The molecule has 1 aromatic carbocycles. The number of rotatable bonds is 4. The Morgan fingerprint density at radius 2 is 2.24 bits per heavy atom. The van der Waals surface area contributed by atoms with Gasteiger partial charge in [0.1, 0.15) is 5.69 Å². The van der Waals surface area contributed by atoms with Gasteiger partial charge in [0.05, 0.1) is 12.3 Å². The highest BCUT2D eigenvalue weighted by molar-refractivity contribution is 7.15. The van der Waals surface area contributed by atoms with Gasteiger partial charge in [0.2, 0.25) is 0 Å². The van der Waals surface area contributed by atoms with Gasteiger partial charge in [0.25, 0.3) is 0 Å². The first-order valence-corrected chi connectivity index (χ1v) is 7.19. The highest BCUT2D eigenvalue weighted by Crippen LogP contribution is 2.33. The summed E-state index contributed by atoms with van der Waals surface area (Å²) in [6, 6.07) is 7.04. The molecule has 3 aromatic rings. The predicted octanol–water partition coefficient (Wildman–Crippen LogP) is 3.64. The Bertz CT molecular complexity index is 822. The van der Waals surface area contributed by atoms with Crippen molar-refractivity contribution in [2.75, 3.05) is 6.61 Å². The van der Waals surface area contributed by atoms with Gasteiger partial charge in [-0.3, -0.25) is 4.40 Å². The van der Waals surface area contributed by atoms with Crippen LogP contribution in [-0.4, -0.2) is 22.0 Å². The molecule has 0 aliphatic heterocycles. The standard InChI is InChI=1S/C14H11N3O3S/c1-2-20-13(18)11-7-17-12(8-21-14(17)15-11)9-5-3-4-6-10(9)16-19/h3-8H,2H2,1H3. The number of thiazole rings is 1. The van der Waals surface area contributed by atoms with Crippen LogP contribution in [0.2, 0.25) is 0 Å². The number of nitrogens with zero attached hydrogens (tertiary/aromatic N) is 3. The number of carbonyl (C=O) groups is 1. The first kappa shape index (κ1) is 13.4. The third-order valence-corrected chi connectivity index (χ3v) is 3.81. The molecule has 21 heavy (non-hydrogen) atoms. The van der Waals surface area contributed by atoms with Gasteiger partial charge in [0, 0.05) is 17.1 Å². The zero-order valence-electron chi connectivity index (χ0n) is 11.1. The van der Waals surface area contributed by atoms with Crippen LogP contribution in [-0.2, 0) is 4.74 Å². The molecule has 0 aliphatic carbocycles. The van der Waals surface area contributed by atoms with Crippen LogP contribution in [0.25, 0.3) is 16.2 Å². The van der Waals surface area contributed by atoms with E-state index in [0.717, 1.165) is 5.69 Å². The summed E-state index contributed by atoms with van der Waals surface area (Å²) in [5.41, 5.74) is 2.07. The van der Waals surface area contributed by atoms with Crippen LogP contribution in [0.5, 0.6) is 0 Å². The fraction of sp³-hybridized carbons (Fsp3) is 0.143. The molecule has 2 heterocycles. The number of fused-ring (bicyclic) bond motifs is 1. The molecular weight excluding hydrogens is 290 g/mol. The molecule has 106 valence electrons. The van der Waals surface area contributed by atoms with Crippen molar-refractivity contribution >= 4 is 28.0 Å². The Hall–Kier alpha value is -2.54. The van der Waals surface area contributed by atoms with Gasteiger partial charge in [0.15, 0.2) is 10.7 Å². The molecule has 0 amide bonds. The fourth-order valence-corrected chi connectivity index (χ4v) is 2.92. The van der Waals surface area contributed by atoms with Crippen molar-refractivity contribution in [1.29, 1.82) is 0 Å². The summed E-state index contributed by atoms with van der Waals surface area (Å²) in [5.74, 6) is -0.457. The van der Waals surface area contributed by atoms with E-state index in [-0.39, 0.29) is 5.69 Å². The maximum atomic E-state index is 11.7. The molecule has 0 fully saturated rings. The fourth-order valence-electron chi connectivity index (χ4n) is 2.05. The van der Waals surface area contributed by atoms with Crippen molar-refractivity contribution in [2.45, 2.75) is 6.92 Å². The number of hydrogen-bond acceptors (Lipinski definition) is 6. The van der Waals surface area contributed by atoms with E-state index in [1.807, 2.05) is 17.5 Å². The largest absolute Gasteiger partial charge is 0.461 e. The van der Waals surface area contributed by atoms with E-state index in [1.165, 1.54) is 11.3 Å². The number of aromatic nitrogens is 2. The molecule has 0 saturated heterocycles. The maximum Gasteiger partial charge on any atom is 0.358 e. The summed E-state index contributed by atoms with van der Waals surface area (Å²) in [7, 11) is 0. The third kappa shape index (κ3) is 2.31. The first-order valence-electron chi connectivity index (χ1n) is 6.31. The highest BCUT2D eigenvalue weighted by Gasteiger charge is 2.17. The average Bonchev–Trinajstić information content (AvgIpc) is 3.07. The minimum absolute atomic E-state index is 0.251. The third-order valence-electron chi connectivity index (χ3n) is 2.97. The molecule has 0 radical (unpaired) electrons. The van der Waals surface area contributed by atoms with E-state index in [4.69, 9.17) is 4.74 Å². The van der Waals surface area contributed by atoms with E-state index in [2.05, 4.69) is 10.2 Å². The molecular formula is C14H11N3O3S. The van der Waals surface area contributed by atoms with Crippen molar-refractivity contribution in [3.63, 3.8) is 0 Å². The quantitative estimate of drug-likeness (QED) is 0.544. The Morgan fingerprint density at radius 3 is 3.00 bits per heavy atom. The number of esters is 1. The Kier molecular flexibility index (Phi) is 3.49. The molecule has 0 saturated carbocycles. The van der Waals surface area contributed by atoms with Crippen LogP contribution in [0.1, 0.15) is 17.4 Å². The smallest absolute Gasteiger partial charge is 0.358 e. The molecule has 0 N–H and O–H groups in total. The van der Waals surface area contributed by atoms with Crippen LogP contribution < -0.4 is 0 Å². The molecule has 0 unspecified atom stereocenters.